The van der Waals surface area contributed by atoms with Crippen molar-refractivity contribution < 1.29 is 13.5 Å². The Morgan fingerprint density at radius 3 is 1.67 bits per heavy atom. The average Bonchev–Trinajstić information content (AvgIpc) is 1.64. The Balaban J connectivity index is 4.14. The van der Waals surface area contributed by atoms with Gasteiger partial charge in [0.1, 0.15) is 0 Å². The van der Waals surface area contributed by atoms with Crippen LogP contribution >= 0.6 is 0 Å². The molecular weight excluding hydrogens is 126 g/mol. The van der Waals surface area contributed by atoms with Crippen molar-refractivity contribution in [2.24, 2.45) is 5.41 Å². The summed E-state index contributed by atoms with van der Waals surface area (Å²) >= 11 is 0. The van der Waals surface area contributed by atoms with E-state index in [1.54, 1.807) is 0 Å². The number of ether oxygens (including phenoxy) is 1. The van der Waals surface area contributed by atoms with E-state index in [0.29, 0.717) is 0 Å². The van der Waals surface area contributed by atoms with Gasteiger partial charge in [0.05, 0.1) is 5.41 Å². The Morgan fingerprint density at radius 2 is 1.67 bits per heavy atom. The number of hydrogen-bond donors (Lipinski definition) is 0. The Labute approximate surface area is 54.0 Å². The van der Waals surface area contributed by atoms with Gasteiger partial charge in [0.15, 0.2) is 0 Å². The first-order valence-electron chi connectivity index (χ1n) is 2.59. The molecule has 0 aromatic heterocycles. The summed E-state index contributed by atoms with van der Waals surface area (Å²) in [6, 6.07) is 0. The summed E-state index contributed by atoms with van der Waals surface area (Å²) in [6.45, 7) is 5.87. The second kappa shape index (κ2) is 2.21. The van der Waals surface area contributed by atoms with Crippen molar-refractivity contribution in [1.82, 2.24) is 0 Å². The molecule has 0 bridgehead atoms. The first kappa shape index (κ1) is 8.82. The van der Waals surface area contributed by atoms with Gasteiger partial charge >= 0.3 is 6.11 Å². The summed E-state index contributed by atoms with van der Waals surface area (Å²) in [4.78, 5) is 0. The third-order valence-electron chi connectivity index (χ3n) is 1.04. The monoisotopic (exact) mass is 137 g/mol. The standard InChI is InChI=1S/C6H11F2O/c1-5(2,3)6(7,8)9-4/h1H2,2-4H3. The molecule has 0 fully saturated rings. The molecule has 0 N–H and O–H groups in total. The van der Waals surface area contributed by atoms with Crippen molar-refractivity contribution in [2.75, 3.05) is 7.11 Å². The van der Waals surface area contributed by atoms with Crippen LogP contribution in [0, 0.1) is 12.3 Å². The minimum absolute atomic E-state index is 0.965. The van der Waals surface area contributed by atoms with Gasteiger partial charge in [-0.15, -0.1) is 0 Å². The summed E-state index contributed by atoms with van der Waals surface area (Å²) in [5.74, 6) is 0. The van der Waals surface area contributed by atoms with Crippen LogP contribution in [0.4, 0.5) is 8.78 Å². The molecule has 3 heteroatoms. The van der Waals surface area contributed by atoms with Gasteiger partial charge in [0.2, 0.25) is 0 Å². The lowest BCUT2D eigenvalue weighted by atomic mass is 9.95. The van der Waals surface area contributed by atoms with Crippen molar-refractivity contribution in [2.45, 2.75) is 20.0 Å². The molecule has 1 nitrogen and oxygen atoms in total. The van der Waals surface area contributed by atoms with Gasteiger partial charge in [-0.25, -0.2) is 0 Å². The van der Waals surface area contributed by atoms with E-state index in [0.717, 1.165) is 7.11 Å². The molecule has 0 atom stereocenters. The van der Waals surface area contributed by atoms with Crippen molar-refractivity contribution in [3.63, 3.8) is 0 Å². The maximum atomic E-state index is 12.4. The van der Waals surface area contributed by atoms with Gasteiger partial charge in [-0.05, 0) is 6.92 Å². The zero-order chi connectivity index (χ0) is 7.71. The third-order valence-corrected chi connectivity index (χ3v) is 1.04. The van der Waals surface area contributed by atoms with E-state index >= 15 is 0 Å². The van der Waals surface area contributed by atoms with Gasteiger partial charge < -0.3 is 4.74 Å². The van der Waals surface area contributed by atoms with Crippen LogP contribution in [0.5, 0.6) is 0 Å². The summed E-state index contributed by atoms with van der Waals surface area (Å²) in [5, 5.41) is 0. The second-order valence-corrected chi connectivity index (χ2v) is 2.60. The number of methoxy groups -OCH3 is 1. The highest BCUT2D eigenvalue weighted by Gasteiger charge is 2.43. The van der Waals surface area contributed by atoms with E-state index in [1.807, 2.05) is 0 Å². The van der Waals surface area contributed by atoms with Gasteiger partial charge in [-0.3, -0.25) is 0 Å². The van der Waals surface area contributed by atoms with E-state index in [-0.39, 0.29) is 0 Å². The van der Waals surface area contributed by atoms with Crippen molar-refractivity contribution in [3.8, 4) is 0 Å². The topological polar surface area (TPSA) is 9.23 Å². The van der Waals surface area contributed by atoms with E-state index in [9.17, 15) is 8.78 Å². The first-order chi connectivity index (χ1) is 3.81. The fourth-order valence-corrected chi connectivity index (χ4v) is 0.276. The fourth-order valence-electron chi connectivity index (χ4n) is 0.276. The molecule has 1 radical (unpaired) electrons. The lowest BCUT2D eigenvalue weighted by Crippen LogP contribution is -2.35. The average molecular weight is 137 g/mol. The Morgan fingerprint density at radius 1 is 1.33 bits per heavy atom. The maximum Gasteiger partial charge on any atom is 0.360 e. The van der Waals surface area contributed by atoms with Crippen LogP contribution in [0.2, 0.25) is 0 Å². The SMILES string of the molecule is [CH2]C(C)(C)C(F)(F)OC. The smallest absolute Gasteiger partial charge is 0.323 e. The molecule has 0 rings (SSSR count). The van der Waals surface area contributed by atoms with Crippen LogP contribution in [-0.4, -0.2) is 13.2 Å². The van der Waals surface area contributed by atoms with Gasteiger partial charge in [0.25, 0.3) is 0 Å². The van der Waals surface area contributed by atoms with Crippen LogP contribution in [0.3, 0.4) is 0 Å². The quantitative estimate of drug-likeness (QED) is 0.566. The number of alkyl halides is 2. The predicted molar refractivity (Wildman–Crippen MR) is 31.1 cm³/mol. The maximum absolute atomic E-state index is 12.4. The largest absolute Gasteiger partial charge is 0.360 e. The molecule has 0 amide bonds. The van der Waals surface area contributed by atoms with Gasteiger partial charge in [-0.2, -0.15) is 8.78 Å². The molecule has 0 heterocycles. The highest BCUT2D eigenvalue weighted by Crippen LogP contribution is 2.35. The minimum atomic E-state index is -3.13. The van der Waals surface area contributed by atoms with Crippen LogP contribution in [0.25, 0.3) is 0 Å². The van der Waals surface area contributed by atoms with Crippen molar-refractivity contribution in [1.29, 1.82) is 0 Å². The first-order valence-corrected chi connectivity index (χ1v) is 2.59. The van der Waals surface area contributed by atoms with E-state index in [4.69, 9.17) is 0 Å². The molecule has 0 aromatic carbocycles. The highest BCUT2D eigenvalue weighted by atomic mass is 19.3. The lowest BCUT2D eigenvalue weighted by Gasteiger charge is -2.27. The van der Waals surface area contributed by atoms with Crippen molar-refractivity contribution in [3.05, 3.63) is 6.92 Å². The molecule has 0 saturated heterocycles. The van der Waals surface area contributed by atoms with Crippen LogP contribution in [0.15, 0.2) is 0 Å². The molecule has 0 aliphatic carbocycles. The van der Waals surface area contributed by atoms with Crippen LogP contribution in [-0.2, 0) is 4.74 Å². The molecule has 0 aliphatic heterocycles. The Kier molecular flexibility index (Phi) is 2.17. The Bertz CT molecular complexity index is 93.7. The summed E-state index contributed by atoms with van der Waals surface area (Å²) in [7, 11) is 0.965. The van der Waals surface area contributed by atoms with E-state index < -0.39 is 11.5 Å². The second-order valence-electron chi connectivity index (χ2n) is 2.60. The third kappa shape index (κ3) is 1.90. The molecule has 0 spiro atoms. The van der Waals surface area contributed by atoms with E-state index in [1.165, 1.54) is 13.8 Å². The molecule has 0 unspecified atom stereocenters. The molecule has 55 valence electrons. The normalized spacial score (nSPS) is 14.0. The fraction of sp³-hybridized carbons (Fsp3) is 0.833. The number of halogens is 2. The van der Waals surface area contributed by atoms with Gasteiger partial charge in [0, 0.05) is 7.11 Å². The highest BCUT2D eigenvalue weighted by molar-refractivity contribution is 4.79. The predicted octanol–water partition coefficient (Wildman–Crippen LogP) is 2.09. The van der Waals surface area contributed by atoms with Crippen LogP contribution < -0.4 is 0 Å². The summed E-state index contributed by atoms with van der Waals surface area (Å²) in [6.07, 6.45) is -3.13. The zero-order valence-electron chi connectivity index (χ0n) is 5.87. The molecule has 0 saturated carbocycles. The number of rotatable bonds is 2. The molecule has 0 aliphatic rings. The molecule has 0 aromatic rings. The van der Waals surface area contributed by atoms with Crippen LogP contribution in [0.1, 0.15) is 13.8 Å². The van der Waals surface area contributed by atoms with E-state index in [2.05, 4.69) is 11.7 Å². The Hall–Kier alpha value is -0.180. The number of hydrogen-bond acceptors (Lipinski definition) is 1. The van der Waals surface area contributed by atoms with Crippen molar-refractivity contribution >= 4 is 0 Å². The minimum Gasteiger partial charge on any atom is -0.323 e. The summed E-state index contributed by atoms with van der Waals surface area (Å²) < 4.78 is 28.7. The lowest BCUT2D eigenvalue weighted by molar-refractivity contribution is -0.273. The summed E-state index contributed by atoms with van der Waals surface area (Å²) in [5.41, 5.74) is -1.36. The molecule has 9 heavy (non-hydrogen) atoms. The zero-order valence-corrected chi connectivity index (χ0v) is 5.87. The van der Waals surface area contributed by atoms with Gasteiger partial charge in [-0.1, -0.05) is 13.8 Å². The molecular formula is C6H11F2O.